The minimum Gasteiger partial charge on any atom is -0.310 e. The van der Waals surface area contributed by atoms with Gasteiger partial charge in [-0.3, -0.25) is 0 Å². The SMILES string of the molecule is CC(CC(C)NC(C)(C)C)NC(C)(C)C. The van der Waals surface area contributed by atoms with Gasteiger partial charge in [-0.1, -0.05) is 0 Å². The van der Waals surface area contributed by atoms with E-state index in [0.29, 0.717) is 12.1 Å². The Morgan fingerprint density at radius 1 is 0.733 bits per heavy atom. The molecule has 0 fully saturated rings. The first-order valence-electron chi connectivity index (χ1n) is 6.05. The van der Waals surface area contributed by atoms with Crippen molar-refractivity contribution in [2.45, 2.75) is 85.0 Å². The molecule has 0 radical (unpaired) electrons. The minimum atomic E-state index is 0.209. The lowest BCUT2D eigenvalue weighted by Crippen LogP contribution is -2.48. The summed E-state index contributed by atoms with van der Waals surface area (Å²) in [6, 6.07) is 1.10. The lowest BCUT2D eigenvalue weighted by Gasteiger charge is -2.31. The van der Waals surface area contributed by atoms with Gasteiger partial charge in [-0.2, -0.15) is 0 Å². The molecule has 0 aliphatic rings. The van der Waals surface area contributed by atoms with Gasteiger partial charge in [0.25, 0.3) is 0 Å². The van der Waals surface area contributed by atoms with Crippen LogP contribution in [0.4, 0.5) is 0 Å². The van der Waals surface area contributed by atoms with Crippen LogP contribution in [-0.4, -0.2) is 23.2 Å². The van der Waals surface area contributed by atoms with E-state index in [1.54, 1.807) is 0 Å². The second-order valence-corrected chi connectivity index (χ2v) is 6.83. The van der Waals surface area contributed by atoms with Crippen LogP contribution in [0, 0.1) is 0 Å². The molecule has 0 bridgehead atoms. The van der Waals surface area contributed by atoms with Gasteiger partial charge >= 0.3 is 0 Å². The van der Waals surface area contributed by atoms with E-state index in [1.807, 2.05) is 0 Å². The number of hydrogen-bond acceptors (Lipinski definition) is 2. The van der Waals surface area contributed by atoms with E-state index in [2.05, 4.69) is 66.0 Å². The number of rotatable bonds is 4. The third-order valence-corrected chi connectivity index (χ3v) is 2.07. The second-order valence-electron chi connectivity index (χ2n) is 6.83. The third-order valence-electron chi connectivity index (χ3n) is 2.07. The first-order chi connectivity index (χ1) is 6.49. The topological polar surface area (TPSA) is 24.1 Å². The van der Waals surface area contributed by atoms with Crippen LogP contribution in [0.3, 0.4) is 0 Å². The summed E-state index contributed by atoms with van der Waals surface area (Å²) in [5.41, 5.74) is 0.418. The summed E-state index contributed by atoms with van der Waals surface area (Å²) < 4.78 is 0. The van der Waals surface area contributed by atoms with Crippen LogP contribution in [0.5, 0.6) is 0 Å². The van der Waals surface area contributed by atoms with Gasteiger partial charge in [0.2, 0.25) is 0 Å². The van der Waals surface area contributed by atoms with Gasteiger partial charge < -0.3 is 10.6 Å². The molecule has 0 spiro atoms. The quantitative estimate of drug-likeness (QED) is 0.752. The lowest BCUT2D eigenvalue weighted by atomic mass is 10.0. The molecule has 0 heterocycles. The van der Waals surface area contributed by atoms with Crippen molar-refractivity contribution in [1.82, 2.24) is 10.6 Å². The predicted molar refractivity (Wildman–Crippen MR) is 69.3 cm³/mol. The molecule has 2 N–H and O–H groups in total. The maximum absolute atomic E-state index is 3.60. The van der Waals surface area contributed by atoms with Gasteiger partial charge in [-0.05, 0) is 61.8 Å². The van der Waals surface area contributed by atoms with Crippen LogP contribution < -0.4 is 10.6 Å². The molecule has 0 aromatic heterocycles. The van der Waals surface area contributed by atoms with Crippen molar-refractivity contribution < 1.29 is 0 Å². The second kappa shape index (κ2) is 5.31. The van der Waals surface area contributed by atoms with Crippen molar-refractivity contribution in [1.29, 1.82) is 0 Å². The van der Waals surface area contributed by atoms with Crippen LogP contribution in [0.2, 0.25) is 0 Å². The molecule has 2 unspecified atom stereocenters. The summed E-state index contributed by atoms with van der Waals surface area (Å²) in [5, 5.41) is 7.19. The Bertz CT molecular complexity index is 154. The normalized spacial score (nSPS) is 17.6. The fraction of sp³-hybridized carbons (Fsp3) is 1.00. The first kappa shape index (κ1) is 14.9. The van der Waals surface area contributed by atoms with Gasteiger partial charge in [-0.15, -0.1) is 0 Å². The third kappa shape index (κ3) is 10.2. The molecule has 0 aromatic carbocycles. The summed E-state index contributed by atoms with van der Waals surface area (Å²) in [4.78, 5) is 0. The van der Waals surface area contributed by atoms with Crippen molar-refractivity contribution in [2.24, 2.45) is 0 Å². The molecule has 0 rings (SSSR count). The fourth-order valence-electron chi connectivity index (χ4n) is 2.13. The van der Waals surface area contributed by atoms with E-state index < -0.39 is 0 Å². The molecular weight excluding hydrogens is 184 g/mol. The van der Waals surface area contributed by atoms with Crippen molar-refractivity contribution >= 4 is 0 Å². The zero-order chi connectivity index (χ0) is 12.3. The molecule has 0 aliphatic heterocycles. The van der Waals surface area contributed by atoms with E-state index in [-0.39, 0.29) is 11.1 Å². The zero-order valence-electron chi connectivity index (χ0n) is 11.9. The van der Waals surface area contributed by atoms with E-state index >= 15 is 0 Å². The Morgan fingerprint density at radius 2 is 1.00 bits per heavy atom. The molecule has 92 valence electrons. The Hall–Kier alpha value is -0.0800. The maximum Gasteiger partial charge on any atom is 0.00989 e. The molecule has 15 heavy (non-hydrogen) atoms. The molecular formula is C13H30N2. The molecule has 0 saturated carbocycles. The van der Waals surface area contributed by atoms with Crippen LogP contribution in [0.15, 0.2) is 0 Å². The van der Waals surface area contributed by atoms with Gasteiger partial charge in [-0.25, -0.2) is 0 Å². The largest absolute Gasteiger partial charge is 0.310 e. The molecule has 2 heteroatoms. The summed E-state index contributed by atoms with van der Waals surface area (Å²) >= 11 is 0. The summed E-state index contributed by atoms with van der Waals surface area (Å²) in [7, 11) is 0. The smallest absolute Gasteiger partial charge is 0.00989 e. The molecule has 0 saturated heterocycles. The lowest BCUT2D eigenvalue weighted by molar-refractivity contribution is 0.303. The highest BCUT2D eigenvalue weighted by molar-refractivity contribution is 4.81. The van der Waals surface area contributed by atoms with E-state index in [0.717, 1.165) is 6.42 Å². The van der Waals surface area contributed by atoms with Crippen molar-refractivity contribution in [3.05, 3.63) is 0 Å². The Morgan fingerprint density at radius 3 is 1.20 bits per heavy atom. The molecule has 0 amide bonds. The van der Waals surface area contributed by atoms with Crippen LogP contribution in [0.1, 0.15) is 61.8 Å². The summed E-state index contributed by atoms with van der Waals surface area (Å²) in [5.74, 6) is 0. The maximum atomic E-state index is 3.60. The Balaban J connectivity index is 3.92. The first-order valence-corrected chi connectivity index (χ1v) is 6.05. The van der Waals surface area contributed by atoms with Crippen LogP contribution in [-0.2, 0) is 0 Å². The monoisotopic (exact) mass is 214 g/mol. The highest BCUT2D eigenvalue weighted by atomic mass is 15.0. The van der Waals surface area contributed by atoms with E-state index in [1.165, 1.54) is 0 Å². The van der Waals surface area contributed by atoms with Crippen LogP contribution >= 0.6 is 0 Å². The molecule has 0 aromatic rings. The van der Waals surface area contributed by atoms with Gasteiger partial charge in [0.1, 0.15) is 0 Å². The van der Waals surface area contributed by atoms with Crippen molar-refractivity contribution in [2.75, 3.05) is 0 Å². The van der Waals surface area contributed by atoms with Gasteiger partial charge in [0.15, 0.2) is 0 Å². The van der Waals surface area contributed by atoms with Crippen molar-refractivity contribution in [3.8, 4) is 0 Å². The minimum absolute atomic E-state index is 0.209. The van der Waals surface area contributed by atoms with Gasteiger partial charge in [0.05, 0.1) is 0 Å². The van der Waals surface area contributed by atoms with E-state index in [4.69, 9.17) is 0 Å². The number of hydrogen-bond donors (Lipinski definition) is 2. The van der Waals surface area contributed by atoms with E-state index in [9.17, 15) is 0 Å². The number of nitrogens with one attached hydrogen (secondary N) is 2. The standard InChI is InChI=1S/C13H30N2/c1-10(14-12(3,4)5)9-11(2)15-13(6,7)8/h10-11,14-15H,9H2,1-8H3. The Labute approximate surface area is 96.2 Å². The van der Waals surface area contributed by atoms with Gasteiger partial charge in [0, 0.05) is 23.2 Å². The summed E-state index contributed by atoms with van der Waals surface area (Å²) in [6.07, 6.45) is 1.16. The molecule has 2 nitrogen and oxygen atoms in total. The highest BCUT2D eigenvalue weighted by Gasteiger charge is 2.18. The zero-order valence-corrected chi connectivity index (χ0v) is 11.9. The average Bonchev–Trinajstić information content (AvgIpc) is 1.73. The summed E-state index contributed by atoms with van der Waals surface area (Å²) in [6.45, 7) is 17.8. The Kier molecular flexibility index (Phi) is 5.28. The molecule has 0 aliphatic carbocycles. The average molecular weight is 214 g/mol. The van der Waals surface area contributed by atoms with Crippen LogP contribution in [0.25, 0.3) is 0 Å². The fourth-order valence-corrected chi connectivity index (χ4v) is 2.13. The molecule has 2 atom stereocenters. The van der Waals surface area contributed by atoms with Crippen molar-refractivity contribution in [3.63, 3.8) is 0 Å². The predicted octanol–water partition coefficient (Wildman–Crippen LogP) is 2.93. The highest BCUT2D eigenvalue weighted by Crippen LogP contribution is 2.08.